The minimum atomic E-state index is -3.42. The Morgan fingerprint density at radius 3 is 2.77 bits per heavy atom. The van der Waals surface area contributed by atoms with Gasteiger partial charge in [0.05, 0.1) is 15.9 Å². The highest BCUT2D eigenvalue weighted by atomic mass is 35.5. The predicted octanol–water partition coefficient (Wildman–Crippen LogP) is 2.74. The summed E-state index contributed by atoms with van der Waals surface area (Å²) in [6.45, 7) is 5.17. The highest BCUT2D eigenvalue weighted by molar-refractivity contribution is 7.92. The van der Waals surface area contributed by atoms with Gasteiger partial charge in [0.25, 0.3) is 0 Å². The number of amides is 1. The summed E-state index contributed by atoms with van der Waals surface area (Å²) in [6, 6.07) is 4.40. The van der Waals surface area contributed by atoms with Gasteiger partial charge in [-0.3, -0.25) is 4.84 Å². The molecule has 1 amide bonds. The fraction of sp³-hybridized carbons (Fsp3) is 0.429. The molecule has 0 fully saturated rings. The molecule has 0 aliphatic carbocycles. The number of nitrogens with one attached hydrogen (secondary N) is 1. The standard InChI is InChI=1S/C14H17ClN2O4S/c1-8(2)16-14(18)21-17-12-6-9(3)22(19,20)13-5-4-10(15)7-11(12)13/h4-5,7-9H,6H2,1-3H3,(H,16,18). The molecule has 1 aromatic carbocycles. The maximum atomic E-state index is 12.3. The van der Waals surface area contributed by atoms with Gasteiger partial charge in [-0.1, -0.05) is 16.8 Å². The number of sulfone groups is 1. The van der Waals surface area contributed by atoms with Crippen LogP contribution in [0, 0.1) is 0 Å². The lowest BCUT2D eigenvalue weighted by molar-refractivity contribution is 0.148. The number of carbonyl (C=O) groups excluding carboxylic acids is 1. The molecule has 1 N–H and O–H groups in total. The van der Waals surface area contributed by atoms with Gasteiger partial charge in [0.15, 0.2) is 9.84 Å². The molecule has 1 aromatic rings. The molecular weight excluding hydrogens is 328 g/mol. The van der Waals surface area contributed by atoms with Crippen molar-refractivity contribution in [3.63, 3.8) is 0 Å². The Bertz CT molecular complexity index is 728. The van der Waals surface area contributed by atoms with E-state index in [4.69, 9.17) is 16.4 Å². The fourth-order valence-corrected chi connectivity index (χ4v) is 3.85. The second kappa shape index (κ2) is 6.26. The van der Waals surface area contributed by atoms with Gasteiger partial charge in [0.2, 0.25) is 0 Å². The van der Waals surface area contributed by atoms with Crippen LogP contribution in [-0.2, 0) is 14.7 Å². The van der Waals surface area contributed by atoms with Gasteiger partial charge in [-0.25, -0.2) is 13.2 Å². The van der Waals surface area contributed by atoms with Crippen LogP contribution in [0.1, 0.15) is 32.8 Å². The summed E-state index contributed by atoms with van der Waals surface area (Å²) in [6.07, 6.45) is -0.530. The van der Waals surface area contributed by atoms with Crippen LogP contribution in [0.25, 0.3) is 0 Å². The summed E-state index contributed by atoms with van der Waals surface area (Å²) in [4.78, 5) is 16.5. The molecule has 1 aliphatic rings. The molecule has 0 saturated carbocycles. The third-order valence-corrected chi connectivity index (χ3v) is 5.65. The molecule has 8 heteroatoms. The molecule has 0 bridgehead atoms. The first-order chi connectivity index (χ1) is 10.2. The Morgan fingerprint density at radius 1 is 1.45 bits per heavy atom. The third kappa shape index (κ3) is 3.41. The molecule has 1 atom stereocenters. The van der Waals surface area contributed by atoms with Crippen molar-refractivity contribution in [3.8, 4) is 0 Å². The second-order valence-electron chi connectivity index (χ2n) is 5.42. The highest BCUT2D eigenvalue weighted by Gasteiger charge is 2.34. The summed E-state index contributed by atoms with van der Waals surface area (Å²) in [5.41, 5.74) is 0.765. The van der Waals surface area contributed by atoms with E-state index < -0.39 is 21.2 Å². The normalized spacial score (nSPS) is 21.5. The van der Waals surface area contributed by atoms with Gasteiger partial charge in [-0.05, 0) is 39.0 Å². The third-order valence-electron chi connectivity index (χ3n) is 3.21. The lowest BCUT2D eigenvalue weighted by Gasteiger charge is -2.23. The second-order valence-corrected chi connectivity index (χ2v) is 8.19. The quantitative estimate of drug-likeness (QED) is 0.660. The van der Waals surface area contributed by atoms with E-state index in [0.29, 0.717) is 16.3 Å². The number of hydrogen-bond acceptors (Lipinski definition) is 5. The van der Waals surface area contributed by atoms with Crippen LogP contribution >= 0.6 is 11.6 Å². The summed E-state index contributed by atoms with van der Waals surface area (Å²) in [7, 11) is -3.42. The van der Waals surface area contributed by atoms with Crippen molar-refractivity contribution in [2.45, 2.75) is 43.4 Å². The molecule has 22 heavy (non-hydrogen) atoms. The van der Waals surface area contributed by atoms with Crippen molar-refractivity contribution < 1.29 is 18.0 Å². The first-order valence-corrected chi connectivity index (χ1v) is 8.72. The van der Waals surface area contributed by atoms with Crippen LogP contribution in [0.5, 0.6) is 0 Å². The van der Waals surface area contributed by atoms with E-state index in [0.717, 1.165) is 0 Å². The monoisotopic (exact) mass is 344 g/mol. The molecule has 120 valence electrons. The zero-order valence-electron chi connectivity index (χ0n) is 12.5. The molecule has 1 unspecified atom stereocenters. The maximum Gasteiger partial charge on any atom is 0.433 e. The fourth-order valence-electron chi connectivity index (χ4n) is 2.13. The SMILES string of the molecule is CC(C)NC(=O)ON=C1CC(C)S(=O)(=O)c2ccc(Cl)cc21. The van der Waals surface area contributed by atoms with Crippen molar-refractivity contribution in [1.29, 1.82) is 0 Å². The zero-order valence-corrected chi connectivity index (χ0v) is 14.0. The summed E-state index contributed by atoms with van der Waals surface area (Å²) >= 11 is 5.93. The maximum absolute atomic E-state index is 12.3. The first-order valence-electron chi connectivity index (χ1n) is 6.80. The van der Waals surface area contributed by atoms with E-state index in [9.17, 15) is 13.2 Å². The predicted molar refractivity (Wildman–Crippen MR) is 84.0 cm³/mol. The van der Waals surface area contributed by atoms with E-state index in [-0.39, 0.29) is 17.4 Å². The highest BCUT2D eigenvalue weighted by Crippen LogP contribution is 2.32. The minimum Gasteiger partial charge on any atom is -0.317 e. The lowest BCUT2D eigenvalue weighted by atomic mass is 10.1. The molecule has 1 aliphatic heterocycles. The van der Waals surface area contributed by atoms with Crippen molar-refractivity contribution in [3.05, 3.63) is 28.8 Å². The van der Waals surface area contributed by atoms with Crippen LogP contribution in [0.3, 0.4) is 0 Å². The Hall–Kier alpha value is -1.60. The van der Waals surface area contributed by atoms with Crippen LogP contribution < -0.4 is 5.32 Å². The number of hydrogen-bond donors (Lipinski definition) is 1. The molecule has 0 aromatic heterocycles. The first kappa shape index (κ1) is 16.8. The number of rotatable bonds is 2. The van der Waals surface area contributed by atoms with Crippen LogP contribution in [0.15, 0.2) is 28.3 Å². The number of fused-ring (bicyclic) bond motifs is 1. The van der Waals surface area contributed by atoms with Crippen molar-refractivity contribution in [2.24, 2.45) is 5.16 Å². The van der Waals surface area contributed by atoms with Crippen LogP contribution in [-0.4, -0.2) is 31.5 Å². The summed E-state index contributed by atoms with van der Waals surface area (Å²) in [5, 5.41) is 6.10. The van der Waals surface area contributed by atoms with Crippen molar-refractivity contribution >= 4 is 33.2 Å². The number of oxime groups is 1. The summed E-state index contributed by atoms with van der Waals surface area (Å²) in [5.74, 6) is 0. The Morgan fingerprint density at radius 2 is 2.14 bits per heavy atom. The van der Waals surface area contributed by atoms with Gasteiger partial charge < -0.3 is 5.32 Å². The number of halogens is 1. The number of carbonyl (C=O) groups is 1. The van der Waals surface area contributed by atoms with E-state index >= 15 is 0 Å². The molecular formula is C14H17ClN2O4S. The van der Waals surface area contributed by atoms with E-state index in [2.05, 4.69) is 10.5 Å². The van der Waals surface area contributed by atoms with Crippen LogP contribution in [0.2, 0.25) is 5.02 Å². The van der Waals surface area contributed by atoms with Gasteiger partial charge in [-0.2, -0.15) is 0 Å². The number of nitrogens with zero attached hydrogens (tertiary/aromatic N) is 1. The van der Waals surface area contributed by atoms with Gasteiger partial charge in [-0.15, -0.1) is 0 Å². The molecule has 0 spiro atoms. The number of benzene rings is 1. The van der Waals surface area contributed by atoms with E-state index in [1.165, 1.54) is 18.2 Å². The smallest absolute Gasteiger partial charge is 0.317 e. The molecule has 2 rings (SSSR count). The Labute approximate surface area is 134 Å². The Kier molecular flexibility index (Phi) is 4.77. The molecule has 6 nitrogen and oxygen atoms in total. The topological polar surface area (TPSA) is 84.8 Å². The summed E-state index contributed by atoms with van der Waals surface area (Å²) < 4.78 is 24.7. The lowest BCUT2D eigenvalue weighted by Crippen LogP contribution is -2.32. The minimum absolute atomic E-state index is 0.0833. The largest absolute Gasteiger partial charge is 0.433 e. The van der Waals surface area contributed by atoms with Crippen molar-refractivity contribution in [1.82, 2.24) is 5.32 Å². The molecule has 1 heterocycles. The Balaban J connectivity index is 2.38. The van der Waals surface area contributed by atoms with E-state index in [1.807, 2.05) is 0 Å². The van der Waals surface area contributed by atoms with Gasteiger partial charge in [0, 0.05) is 23.0 Å². The average Bonchev–Trinajstić information content (AvgIpc) is 2.40. The van der Waals surface area contributed by atoms with Gasteiger partial charge in [0.1, 0.15) is 0 Å². The zero-order chi connectivity index (χ0) is 16.5. The van der Waals surface area contributed by atoms with Crippen LogP contribution in [0.4, 0.5) is 4.79 Å². The van der Waals surface area contributed by atoms with Crippen molar-refractivity contribution in [2.75, 3.05) is 0 Å². The van der Waals surface area contributed by atoms with E-state index in [1.54, 1.807) is 20.8 Å². The molecule has 0 radical (unpaired) electrons. The van der Waals surface area contributed by atoms with Gasteiger partial charge >= 0.3 is 6.09 Å². The average molecular weight is 345 g/mol. The molecule has 0 saturated heterocycles.